The van der Waals surface area contributed by atoms with Crippen LogP contribution in [0.1, 0.15) is 43.8 Å². The van der Waals surface area contributed by atoms with Crippen molar-refractivity contribution in [2.75, 3.05) is 25.5 Å². The summed E-state index contributed by atoms with van der Waals surface area (Å²) < 4.78 is 0. The number of carbonyl (C=O) groups is 1. The minimum atomic E-state index is 0.0404. The van der Waals surface area contributed by atoms with Gasteiger partial charge in [0.05, 0.1) is 23.6 Å². The Kier molecular flexibility index (Phi) is 4.92. The van der Waals surface area contributed by atoms with Crippen molar-refractivity contribution in [1.29, 1.82) is 0 Å². The number of nitrogens with zero attached hydrogens (tertiary/aromatic N) is 5. The van der Waals surface area contributed by atoms with Crippen LogP contribution in [0.3, 0.4) is 0 Å². The molecule has 2 unspecified atom stereocenters. The molecule has 2 aromatic heterocycles. The van der Waals surface area contributed by atoms with E-state index < -0.39 is 0 Å². The Balaban J connectivity index is 1.62. The lowest BCUT2D eigenvalue weighted by Crippen LogP contribution is -2.36. The summed E-state index contributed by atoms with van der Waals surface area (Å²) in [6, 6.07) is 1.94. The van der Waals surface area contributed by atoms with Crippen molar-refractivity contribution in [1.82, 2.24) is 25.1 Å². The standard InChI is InChI=1S/C20H26N6O/c1-25(2)20-21-11-10-16(23-20)15-13-22-24-18(15)17-9-6-12-26(17)19(27)14-7-4-3-5-8-14/h3-4,10-11,13-14,17H,5-9,12H2,1-2H3,(H,22,24). The van der Waals surface area contributed by atoms with Crippen molar-refractivity contribution in [3.8, 4) is 11.3 Å². The first kappa shape index (κ1) is 17.7. The number of rotatable bonds is 4. The molecule has 2 aromatic rings. The molecule has 0 spiro atoms. The van der Waals surface area contributed by atoms with E-state index in [-0.39, 0.29) is 17.9 Å². The Labute approximate surface area is 159 Å². The molecular weight excluding hydrogens is 340 g/mol. The molecule has 2 aliphatic rings. The predicted molar refractivity (Wildman–Crippen MR) is 104 cm³/mol. The maximum absolute atomic E-state index is 13.1. The van der Waals surface area contributed by atoms with E-state index >= 15 is 0 Å². The average molecular weight is 366 g/mol. The smallest absolute Gasteiger partial charge is 0.226 e. The fraction of sp³-hybridized carbons (Fsp3) is 0.500. The first-order valence-electron chi connectivity index (χ1n) is 9.64. The van der Waals surface area contributed by atoms with Crippen LogP contribution < -0.4 is 4.90 Å². The van der Waals surface area contributed by atoms with Crippen LogP contribution in [0.25, 0.3) is 11.3 Å². The van der Waals surface area contributed by atoms with E-state index in [1.807, 2.05) is 25.1 Å². The second-order valence-corrected chi connectivity index (χ2v) is 7.50. The number of aromatic nitrogens is 4. The van der Waals surface area contributed by atoms with Gasteiger partial charge in [0.1, 0.15) is 0 Å². The second-order valence-electron chi connectivity index (χ2n) is 7.50. The number of aromatic amines is 1. The summed E-state index contributed by atoms with van der Waals surface area (Å²) in [5.74, 6) is 1.05. The van der Waals surface area contributed by atoms with Crippen LogP contribution in [0, 0.1) is 5.92 Å². The number of likely N-dealkylation sites (tertiary alicyclic amines) is 1. The summed E-state index contributed by atoms with van der Waals surface area (Å²) in [6.45, 7) is 0.814. The maximum atomic E-state index is 13.1. The van der Waals surface area contributed by atoms with Crippen LogP contribution in [-0.4, -0.2) is 51.6 Å². The van der Waals surface area contributed by atoms with E-state index in [2.05, 4.69) is 37.2 Å². The van der Waals surface area contributed by atoms with Crippen LogP contribution in [0.5, 0.6) is 0 Å². The van der Waals surface area contributed by atoms with Gasteiger partial charge in [-0.15, -0.1) is 0 Å². The highest BCUT2D eigenvalue weighted by molar-refractivity contribution is 5.80. The van der Waals surface area contributed by atoms with E-state index in [0.717, 1.165) is 55.6 Å². The summed E-state index contributed by atoms with van der Waals surface area (Å²) in [7, 11) is 3.84. The van der Waals surface area contributed by atoms with Gasteiger partial charge < -0.3 is 9.80 Å². The molecule has 4 rings (SSSR count). The Morgan fingerprint density at radius 2 is 2.19 bits per heavy atom. The molecule has 1 aliphatic heterocycles. The third-order valence-corrected chi connectivity index (χ3v) is 5.48. The van der Waals surface area contributed by atoms with Gasteiger partial charge in [0, 0.05) is 38.3 Å². The molecular formula is C20H26N6O. The zero-order chi connectivity index (χ0) is 18.8. The Morgan fingerprint density at radius 3 is 2.96 bits per heavy atom. The maximum Gasteiger partial charge on any atom is 0.226 e. The van der Waals surface area contributed by atoms with Gasteiger partial charge >= 0.3 is 0 Å². The number of hydrogen-bond acceptors (Lipinski definition) is 5. The zero-order valence-corrected chi connectivity index (χ0v) is 15.9. The van der Waals surface area contributed by atoms with Crippen LogP contribution in [0.2, 0.25) is 0 Å². The second kappa shape index (κ2) is 7.50. The van der Waals surface area contributed by atoms with Crippen molar-refractivity contribution in [2.24, 2.45) is 5.92 Å². The minimum absolute atomic E-state index is 0.0404. The summed E-state index contributed by atoms with van der Waals surface area (Å²) in [6.07, 6.45) is 12.7. The highest BCUT2D eigenvalue weighted by atomic mass is 16.2. The van der Waals surface area contributed by atoms with Crippen molar-refractivity contribution in [3.63, 3.8) is 0 Å². The minimum Gasteiger partial charge on any atom is -0.347 e. The molecule has 1 aliphatic carbocycles. The van der Waals surface area contributed by atoms with Crippen LogP contribution in [0.15, 0.2) is 30.6 Å². The van der Waals surface area contributed by atoms with E-state index in [0.29, 0.717) is 5.95 Å². The van der Waals surface area contributed by atoms with Crippen LogP contribution >= 0.6 is 0 Å². The molecule has 0 radical (unpaired) electrons. The number of nitrogens with one attached hydrogen (secondary N) is 1. The summed E-state index contributed by atoms with van der Waals surface area (Å²) >= 11 is 0. The molecule has 1 amide bonds. The van der Waals surface area contributed by atoms with E-state index in [4.69, 9.17) is 0 Å². The number of carbonyl (C=O) groups excluding carboxylic acids is 1. The lowest BCUT2D eigenvalue weighted by molar-refractivity contribution is -0.136. The SMILES string of the molecule is CN(C)c1nccc(-c2cn[nH]c2C2CCCN2C(=O)C2CC=CCC2)n1. The topological polar surface area (TPSA) is 78.0 Å². The molecule has 2 atom stereocenters. The molecule has 142 valence electrons. The third-order valence-electron chi connectivity index (χ3n) is 5.48. The molecule has 0 bridgehead atoms. The van der Waals surface area contributed by atoms with E-state index in [1.54, 1.807) is 12.4 Å². The third kappa shape index (κ3) is 3.46. The predicted octanol–water partition coefficient (Wildman–Crippen LogP) is 2.95. The van der Waals surface area contributed by atoms with Gasteiger partial charge in [-0.3, -0.25) is 9.89 Å². The fourth-order valence-electron chi connectivity index (χ4n) is 4.05. The Bertz CT molecular complexity index is 843. The molecule has 27 heavy (non-hydrogen) atoms. The van der Waals surface area contributed by atoms with Crippen molar-refractivity contribution >= 4 is 11.9 Å². The molecule has 1 fully saturated rings. The molecule has 0 aromatic carbocycles. The molecule has 7 nitrogen and oxygen atoms in total. The monoisotopic (exact) mass is 366 g/mol. The lowest BCUT2D eigenvalue weighted by Gasteiger charge is -2.29. The molecule has 3 heterocycles. The first-order valence-corrected chi connectivity index (χ1v) is 9.64. The van der Waals surface area contributed by atoms with Crippen molar-refractivity contribution in [2.45, 2.75) is 38.1 Å². The number of hydrogen-bond donors (Lipinski definition) is 1. The van der Waals surface area contributed by atoms with Gasteiger partial charge in [-0.2, -0.15) is 5.10 Å². The van der Waals surface area contributed by atoms with Gasteiger partial charge in [-0.05, 0) is 38.2 Å². The van der Waals surface area contributed by atoms with Gasteiger partial charge in [0.25, 0.3) is 0 Å². The summed E-state index contributed by atoms with van der Waals surface area (Å²) in [4.78, 5) is 26.0. The highest BCUT2D eigenvalue weighted by Gasteiger charge is 2.36. The average Bonchev–Trinajstić information content (AvgIpc) is 3.37. The largest absolute Gasteiger partial charge is 0.347 e. The van der Waals surface area contributed by atoms with Gasteiger partial charge in [0.2, 0.25) is 11.9 Å². The van der Waals surface area contributed by atoms with Crippen LogP contribution in [0.4, 0.5) is 5.95 Å². The van der Waals surface area contributed by atoms with Gasteiger partial charge in [0.15, 0.2) is 0 Å². The normalized spacial score (nSPS) is 22.2. The summed E-state index contributed by atoms with van der Waals surface area (Å²) in [5.41, 5.74) is 2.77. The van der Waals surface area contributed by atoms with Crippen molar-refractivity contribution < 1.29 is 4.79 Å². The number of amides is 1. The molecule has 0 saturated carbocycles. The lowest BCUT2D eigenvalue weighted by atomic mass is 9.92. The number of allylic oxidation sites excluding steroid dienone is 2. The highest BCUT2D eigenvalue weighted by Crippen LogP contribution is 2.38. The first-order chi connectivity index (χ1) is 13.1. The van der Waals surface area contributed by atoms with Crippen molar-refractivity contribution in [3.05, 3.63) is 36.3 Å². The van der Waals surface area contributed by atoms with E-state index in [1.165, 1.54) is 0 Å². The summed E-state index contributed by atoms with van der Waals surface area (Å²) in [5, 5.41) is 7.43. The van der Waals surface area contributed by atoms with Crippen LogP contribution in [-0.2, 0) is 4.79 Å². The molecule has 1 N–H and O–H groups in total. The number of anilines is 1. The van der Waals surface area contributed by atoms with E-state index in [9.17, 15) is 4.79 Å². The molecule has 7 heteroatoms. The number of H-pyrrole nitrogens is 1. The van der Waals surface area contributed by atoms with Gasteiger partial charge in [-0.1, -0.05) is 12.2 Å². The Hall–Kier alpha value is -2.70. The molecule has 1 saturated heterocycles. The quantitative estimate of drug-likeness (QED) is 0.842. The van der Waals surface area contributed by atoms with Gasteiger partial charge in [-0.25, -0.2) is 9.97 Å². The Morgan fingerprint density at radius 1 is 1.30 bits per heavy atom. The fourth-order valence-corrected chi connectivity index (χ4v) is 4.05. The zero-order valence-electron chi connectivity index (χ0n) is 15.9.